The first-order valence-corrected chi connectivity index (χ1v) is 9.63. The fourth-order valence-corrected chi connectivity index (χ4v) is 3.42. The van der Waals surface area contributed by atoms with Crippen LogP contribution in [-0.2, 0) is 4.74 Å². The van der Waals surface area contributed by atoms with Gasteiger partial charge in [-0.15, -0.1) is 5.10 Å². The molecule has 0 bridgehead atoms. The molecule has 0 saturated carbocycles. The van der Waals surface area contributed by atoms with Crippen LogP contribution in [0.3, 0.4) is 0 Å². The van der Waals surface area contributed by atoms with Gasteiger partial charge in [-0.3, -0.25) is 0 Å². The molecule has 2 aromatic heterocycles. The lowest BCUT2D eigenvalue weighted by Crippen LogP contribution is -2.12. The maximum atomic E-state index is 13.4. The lowest BCUT2D eigenvalue weighted by atomic mass is 10.1. The second-order valence-electron chi connectivity index (χ2n) is 6.90. The number of hydrogen-bond acceptors (Lipinski definition) is 6. The fraction of sp³-hybridized carbons (Fsp3) is 0.182. The molecule has 0 amide bonds. The number of halogens is 1. The van der Waals surface area contributed by atoms with Gasteiger partial charge in [0, 0.05) is 18.4 Å². The van der Waals surface area contributed by atoms with Crippen molar-refractivity contribution < 1.29 is 13.9 Å². The molecular formula is C22H18FN5O2. The predicted octanol–water partition coefficient (Wildman–Crippen LogP) is 4.29. The number of aromatic nitrogens is 5. The van der Waals surface area contributed by atoms with Crippen molar-refractivity contribution in [3.8, 4) is 34.4 Å². The van der Waals surface area contributed by atoms with Gasteiger partial charge in [0.15, 0.2) is 0 Å². The van der Waals surface area contributed by atoms with Crippen molar-refractivity contribution >= 4 is 0 Å². The normalized spacial score (nSPS) is 16.0. The van der Waals surface area contributed by atoms with Crippen molar-refractivity contribution in [3.05, 3.63) is 72.7 Å². The second-order valence-corrected chi connectivity index (χ2v) is 6.90. The molecule has 1 unspecified atom stereocenters. The SMILES string of the molecule is Fc1ccc(-c2nnn(C3CCOC3)c2-c2ccnc(Oc3ccccc3)n2)cc1. The summed E-state index contributed by atoms with van der Waals surface area (Å²) in [6, 6.07) is 17.6. The summed E-state index contributed by atoms with van der Waals surface area (Å²) in [6.07, 6.45) is 2.47. The smallest absolute Gasteiger partial charge is 0.322 e. The molecule has 0 radical (unpaired) electrons. The molecule has 1 aliphatic rings. The Balaban J connectivity index is 1.59. The number of nitrogens with zero attached hydrogens (tertiary/aromatic N) is 5. The summed E-state index contributed by atoms with van der Waals surface area (Å²) in [5.74, 6) is 0.335. The monoisotopic (exact) mass is 403 g/mol. The van der Waals surface area contributed by atoms with Gasteiger partial charge >= 0.3 is 6.01 Å². The van der Waals surface area contributed by atoms with Crippen LogP contribution < -0.4 is 4.74 Å². The van der Waals surface area contributed by atoms with Crippen molar-refractivity contribution in [1.82, 2.24) is 25.0 Å². The molecule has 0 aliphatic carbocycles. The number of benzene rings is 2. The summed E-state index contributed by atoms with van der Waals surface area (Å²) in [5.41, 5.74) is 2.71. The summed E-state index contributed by atoms with van der Waals surface area (Å²) >= 11 is 0. The molecule has 3 heterocycles. The van der Waals surface area contributed by atoms with Crippen molar-refractivity contribution in [3.63, 3.8) is 0 Å². The molecule has 4 aromatic rings. The van der Waals surface area contributed by atoms with Crippen LogP contribution in [0.25, 0.3) is 22.6 Å². The quantitative estimate of drug-likeness (QED) is 0.495. The molecule has 2 aromatic carbocycles. The lowest BCUT2D eigenvalue weighted by molar-refractivity contribution is 0.184. The Kier molecular flexibility index (Phi) is 4.90. The van der Waals surface area contributed by atoms with Gasteiger partial charge in [0.1, 0.15) is 23.0 Å². The highest BCUT2D eigenvalue weighted by atomic mass is 19.1. The van der Waals surface area contributed by atoms with Crippen LogP contribution in [0.5, 0.6) is 11.8 Å². The minimum Gasteiger partial charge on any atom is -0.424 e. The van der Waals surface area contributed by atoms with Gasteiger partial charge in [-0.25, -0.2) is 14.1 Å². The van der Waals surface area contributed by atoms with E-state index in [-0.39, 0.29) is 17.9 Å². The first-order chi connectivity index (χ1) is 14.8. The van der Waals surface area contributed by atoms with E-state index in [1.165, 1.54) is 12.1 Å². The van der Waals surface area contributed by atoms with Crippen LogP contribution in [0.1, 0.15) is 12.5 Å². The average molecular weight is 403 g/mol. The Hall–Kier alpha value is -3.65. The van der Waals surface area contributed by atoms with Crippen LogP contribution in [0.2, 0.25) is 0 Å². The van der Waals surface area contributed by atoms with Gasteiger partial charge in [0.25, 0.3) is 0 Å². The third kappa shape index (κ3) is 3.65. The Morgan fingerprint density at radius 2 is 1.87 bits per heavy atom. The van der Waals surface area contributed by atoms with Crippen LogP contribution >= 0.6 is 0 Å². The lowest BCUT2D eigenvalue weighted by Gasteiger charge is -2.13. The Morgan fingerprint density at radius 3 is 2.63 bits per heavy atom. The van der Waals surface area contributed by atoms with E-state index in [0.717, 1.165) is 17.7 Å². The highest BCUT2D eigenvalue weighted by Gasteiger charge is 2.26. The zero-order valence-electron chi connectivity index (χ0n) is 16.0. The maximum absolute atomic E-state index is 13.4. The van der Waals surface area contributed by atoms with E-state index < -0.39 is 0 Å². The highest BCUT2D eigenvalue weighted by molar-refractivity contribution is 5.76. The number of ether oxygens (including phenoxy) is 2. The topological polar surface area (TPSA) is 75.0 Å². The Morgan fingerprint density at radius 1 is 1.03 bits per heavy atom. The van der Waals surface area contributed by atoms with E-state index in [2.05, 4.69) is 20.3 Å². The first-order valence-electron chi connectivity index (χ1n) is 9.63. The standard InChI is InChI=1S/C22H18FN5O2/c23-16-8-6-15(7-9-16)20-21(28(27-26-20)17-11-13-29-14-17)19-10-12-24-22(25-19)30-18-4-2-1-3-5-18/h1-10,12,17H,11,13-14H2. The summed E-state index contributed by atoms with van der Waals surface area (Å²) in [4.78, 5) is 8.83. The summed E-state index contributed by atoms with van der Waals surface area (Å²) in [5, 5.41) is 8.76. The van der Waals surface area contributed by atoms with Crippen LogP contribution in [0.15, 0.2) is 66.9 Å². The van der Waals surface area contributed by atoms with E-state index in [4.69, 9.17) is 9.47 Å². The molecule has 1 atom stereocenters. The third-order valence-electron chi connectivity index (χ3n) is 4.89. The van der Waals surface area contributed by atoms with E-state index >= 15 is 0 Å². The fourth-order valence-electron chi connectivity index (χ4n) is 3.42. The zero-order valence-corrected chi connectivity index (χ0v) is 16.0. The van der Waals surface area contributed by atoms with Gasteiger partial charge < -0.3 is 9.47 Å². The summed E-state index contributed by atoms with van der Waals surface area (Å²) < 4.78 is 26.6. The van der Waals surface area contributed by atoms with E-state index in [1.54, 1.807) is 24.4 Å². The minimum atomic E-state index is -0.308. The predicted molar refractivity (Wildman–Crippen MR) is 107 cm³/mol. The van der Waals surface area contributed by atoms with Gasteiger partial charge in [-0.05, 0) is 48.9 Å². The maximum Gasteiger partial charge on any atom is 0.322 e. The molecule has 5 rings (SSSR count). The minimum absolute atomic E-state index is 0.0511. The molecule has 30 heavy (non-hydrogen) atoms. The van der Waals surface area contributed by atoms with Crippen molar-refractivity contribution in [2.24, 2.45) is 0 Å². The van der Waals surface area contributed by atoms with E-state index in [9.17, 15) is 4.39 Å². The molecule has 1 saturated heterocycles. The molecule has 1 fully saturated rings. The van der Waals surface area contributed by atoms with Gasteiger partial charge in [-0.2, -0.15) is 4.98 Å². The summed E-state index contributed by atoms with van der Waals surface area (Å²) in [7, 11) is 0. The van der Waals surface area contributed by atoms with Gasteiger partial charge in [0.2, 0.25) is 0 Å². The second kappa shape index (κ2) is 8.00. The largest absolute Gasteiger partial charge is 0.424 e. The number of rotatable bonds is 5. The first kappa shape index (κ1) is 18.4. The van der Waals surface area contributed by atoms with Crippen molar-refractivity contribution in [1.29, 1.82) is 0 Å². The third-order valence-corrected chi connectivity index (χ3v) is 4.89. The Bertz CT molecular complexity index is 1140. The summed E-state index contributed by atoms with van der Waals surface area (Å²) in [6.45, 7) is 1.22. The molecule has 0 N–H and O–H groups in total. The molecule has 1 aliphatic heterocycles. The van der Waals surface area contributed by atoms with Crippen molar-refractivity contribution in [2.75, 3.05) is 13.2 Å². The highest BCUT2D eigenvalue weighted by Crippen LogP contribution is 2.34. The van der Waals surface area contributed by atoms with Crippen molar-refractivity contribution in [2.45, 2.75) is 12.5 Å². The average Bonchev–Trinajstić information content (AvgIpc) is 3.45. The number of para-hydroxylation sites is 1. The number of hydrogen-bond donors (Lipinski definition) is 0. The molecule has 8 heteroatoms. The van der Waals surface area contributed by atoms with E-state index in [0.29, 0.717) is 30.4 Å². The van der Waals surface area contributed by atoms with Crippen LogP contribution in [0, 0.1) is 5.82 Å². The molecule has 7 nitrogen and oxygen atoms in total. The molecular weight excluding hydrogens is 385 g/mol. The van der Waals surface area contributed by atoms with Gasteiger partial charge in [-0.1, -0.05) is 23.4 Å². The van der Waals surface area contributed by atoms with Crippen LogP contribution in [-0.4, -0.2) is 38.2 Å². The Labute approximate surface area is 172 Å². The van der Waals surface area contributed by atoms with Gasteiger partial charge in [0.05, 0.1) is 18.3 Å². The molecule has 150 valence electrons. The zero-order chi connectivity index (χ0) is 20.3. The molecule has 0 spiro atoms. The van der Waals surface area contributed by atoms with E-state index in [1.807, 2.05) is 35.0 Å². The van der Waals surface area contributed by atoms with Crippen LogP contribution in [0.4, 0.5) is 4.39 Å².